The van der Waals surface area contributed by atoms with E-state index in [-0.39, 0.29) is 5.95 Å². The van der Waals surface area contributed by atoms with E-state index >= 15 is 0 Å². The number of benzene rings is 1. The number of hydrogen-bond acceptors (Lipinski definition) is 4. The van der Waals surface area contributed by atoms with Crippen molar-refractivity contribution in [3.05, 3.63) is 36.0 Å². The lowest BCUT2D eigenvalue weighted by molar-refractivity contribution is 0.416. The molecule has 0 bridgehead atoms. The minimum Gasteiger partial charge on any atom is -0.496 e. The highest BCUT2D eigenvalue weighted by molar-refractivity contribution is 5.68. The molecule has 2 aromatic rings. The Labute approximate surface area is 107 Å². The molecule has 0 aliphatic carbocycles. The third-order valence-corrected chi connectivity index (χ3v) is 2.84. The van der Waals surface area contributed by atoms with Gasteiger partial charge >= 0.3 is 0 Å². The highest BCUT2D eigenvalue weighted by Gasteiger charge is 2.10. The fourth-order valence-corrected chi connectivity index (χ4v) is 1.81. The Morgan fingerprint density at radius 1 is 1.22 bits per heavy atom. The minimum absolute atomic E-state index is 0.268. The molecule has 18 heavy (non-hydrogen) atoms. The average molecular weight is 243 g/mol. The van der Waals surface area contributed by atoms with Crippen molar-refractivity contribution in [2.75, 3.05) is 12.8 Å². The summed E-state index contributed by atoms with van der Waals surface area (Å²) < 4.78 is 5.37. The Hall–Kier alpha value is -2.10. The number of methoxy groups -OCH3 is 1. The topological polar surface area (TPSA) is 61.0 Å². The van der Waals surface area contributed by atoms with E-state index in [2.05, 4.69) is 35.9 Å². The van der Waals surface area contributed by atoms with Crippen molar-refractivity contribution in [1.82, 2.24) is 9.97 Å². The molecule has 0 fully saturated rings. The van der Waals surface area contributed by atoms with Gasteiger partial charge in [0.25, 0.3) is 0 Å². The zero-order valence-electron chi connectivity index (χ0n) is 10.8. The van der Waals surface area contributed by atoms with E-state index in [4.69, 9.17) is 10.5 Å². The predicted molar refractivity (Wildman–Crippen MR) is 72.5 cm³/mol. The van der Waals surface area contributed by atoms with Crippen LogP contribution in [0.2, 0.25) is 0 Å². The summed E-state index contributed by atoms with van der Waals surface area (Å²) in [7, 11) is 1.65. The van der Waals surface area contributed by atoms with Gasteiger partial charge in [0.2, 0.25) is 5.95 Å². The Kier molecular flexibility index (Phi) is 3.46. The second-order valence-electron chi connectivity index (χ2n) is 4.41. The van der Waals surface area contributed by atoms with Gasteiger partial charge in [-0.2, -0.15) is 0 Å². The van der Waals surface area contributed by atoms with Crippen LogP contribution in [-0.2, 0) is 0 Å². The maximum Gasteiger partial charge on any atom is 0.220 e. The molecule has 2 N–H and O–H groups in total. The molecule has 2 rings (SSSR count). The second-order valence-corrected chi connectivity index (χ2v) is 4.41. The highest BCUT2D eigenvalue weighted by Crippen LogP contribution is 2.31. The molecule has 0 amide bonds. The molecule has 1 heterocycles. The number of hydrogen-bond donors (Lipinski definition) is 1. The monoisotopic (exact) mass is 243 g/mol. The zero-order valence-corrected chi connectivity index (χ0v) is 10.8. The summed E-state index contributed by atoms with van der Waals surface area (Å²) in [6.07, 6.45) is 1.65. The van der Waals surface area contributed by atoms with Crippen molar-refractivity contribution in [3.8, 4) is 17.0 Å². The van der Waals surface area contributed by atoms with Gasteiger partial charge in [0.15, 0.2) is 0 Å². The second kappa shape index (κ2) is 5.04. The van der Waals surface area contributed by atoms with Crippen LogP contribution in [-0.4, -0.2) is 17.1 Å². The molecule has 0 aliphatic heterocycles. The molecule has 0 atom stereocenters. The van der Waals surface area contributed by atoms with Gasteiger partial charge in [-0.1, -0.05) is 19.9 Å². The van der Waals surface area contributed by atoms with Crippen LogP contribution in [0.15, 0.2) is 30.5 Å². The number of ether oxygens (including phenoxy) is 1. The van der Waals surface area contributed by atoms with Crippen LogP contribution in [0, 0.1) is 0 Å². The maximum atomic E-state index is 5.62. The number of aromatic nitrogens is 2. The summed E-state index contributed by atoms with van der Waals surface area (Å²) in [5.74, 6) is 1.51. The molecule has 0 aliphatic rings. The van der Waals surface area contributed by atoms with E-state index in [9.17, 15) is 0 Å². The standard InChI is InChI=1S/C14H17N3O/c1-9(2)10-4-5-13(18-3)11(8-10)12-6-7-16-14(15)17-12/h4-9H,1-3H3,(H2,15,16,17). The van der Waals surface area contributed by atoms with Crippen molar-refractivity contribution in [2.45, 2.75) is 19.8 Å². The van der Waals surface area contributed by atoms with Crippen molar-refractivity contribution in [1.29, 1.82) is 0 Å². The van der Waals surface area contributed by atoms with Gasteiger partial charge in [-0.15, -0.1) is 0 Å². The van der Waals surface area contributed by atoms with Crippen LogP contribution >= 0.6 is 0 Å². The van der Waals surface area contributed by atoms with Crippen LogP contribution < -0.4 is 10.5 Å². The van der Waals surface area contributed by atoms with E-state index in [1.165, 1.54) is 5.56 Å². The molecule has 94 valence electrons. The van der Waals surface area contributed by atoms with Gasteiger partial charge in [-0.25, -0.2) is 9.97 Å². The largest absolute Gasteiger partial charge is 0.496 e. The van der Waals surface area contributed by atoms with Gasteiger partial charge in [0, 0.05) is 11.8 Å². The van der Waals surface area contributed by atoms with Crippen LogP contribution in [0.4, 0.5) is 5.95 Å². The summed E-state index contributed by atoms with van der Waals surface area (Å²) in [6.45, 7) is 4.31. The summed E-state index contributed by atoms with van der Waals surface area (Å²) in [4.78, 5) is 8.14. The van der Waals surface area contributed by atoms with Crippen molar-refractivity contribution in [3.63, 3.8) is 0 Å². The average Bonchev–Trinajstić information content (AvgIpc) is 2.38. The number of anilines is 1. The lowest BCUT2D eigenvalue weighted by Gasteiger charge is -2.12. The van der Waals surface area contributed by atoms with Crippen molar-refractivity contribution >= 4 is 5.95 Å². The molecule has 0 saturated heterocycles. The van der Waals surface area contributed by atoms with E-state index in [0.29, 0.717) is 5.92 Å². The first kappa shape index (κ1) is 12.4. The molecular formula is C14H17N3O. The number of nitrogens with zero attached hydrogens (tertiary/aromatic N) is 2. The first-order valence-electron chi connectivity index (χ1n) is 5.88. The quantitative estimate of drug-likeness (QED) is 0.900. The van der Waals surface area contributed by atoms with E-state index in [1.807, 2.05) is 12.1 Å². The highest BCUT2D eigenvalue weighted by atomic mass is 16.5. The normalized spacial score (nSPS) is 10.7. The van der Waals surface area contributed by atoms with Crippen LogP contribution in [0.5, 0.6) is 5.75 Å². The van der Waals surface area contributed by atoms with Gasteiger partial charge in [-0.05, 0) is 29.7 Å². The Bertz CT molecular complexity index is 552. The van der Waals surface area contributed by atoms with Crippen molar-refractivity contribution in [2.24, 2.45) is 0 Å². The van der Waals surface area contributed by atoms with Crippen LogP contribution in [0.1, 0.15) is 25.3 Å². The first-order chi connectivity index (χ1) is 8.61. The zero-order chi connectivity index (χ0) is 13.1. The maximum absolute atomic E-state index is 5.62. The molecule has 1 aromatic heterocycles. The lowest BCUT2D eigenvalue weighted by atomic mass is 9.99. The summed E-state index contributed by atoms with van der Waals surface area (Å²) in [5, 5.41) is 0. The van der Waals surface area contributed by atoms with Gasteiger partial charge in [0.05, 0.1) is 12.8 Å². The molecule has 0 spiro atoms. The fraction of sp³-hybridized carbons (Fsp3) is 0.286. The van der Waals surface area contributed by atoms with Crippen molar-refractivity contribution < 1.29 is 4.74 Å². The third-order valence-electron chi connectivity index (χ3n) is 2.84. The number of rotatable bonds is 3. The number of nitrogens with two attached hydrogens (primary N) is 1. The van der Waals surface area contributed by atoms with E-state index in [0.717, 1.165) is 17.0 Å². The molecule has 0 radical (unpaired) electrons. The summed E-state index contributed by atoms with van der Waals surface area (Å²) >= 11 is 0. The third kappa shape index (κ3) is 2.42. The first-order valence-corrected chi connectivity index (χ1v) is 5.88. The lowest BCUT2D eigenvalue weighted by Crippen LogP contribution is -1.98. The van der Waals surface area contributed by atoms with Gasteiger partial charge in [-0.3, -0.25) is 0 Å². The molecular weight excluding hydrogens is 226 g/mol. The summed E-state index contributed by atoms with van der Waals surface area (Å²) in [5.41, 5.74) is 8.58. The van der Waals surface area contributed by atoms with E-state index < -0.39 is 0 Å². The molecule has 4 heteroatoms. The molecule has 1 aromatic carbocycles. The Morgan fingerprint density at radius 2 is 2.00 bits per heavy atom. The SMILES string of the molecule is COc1ccc(C(C)C)cc1-c1ccnc(N)n1. The van der Waals surface area contributed by atoms with Gasteiger partial charge in [0.1, 0.15) is 5.75 Å². The predicted octanol–water partition coefficient (Wildman–Crippen LogP) is 2.86. The smallest absolute Gasteiger partial charge is 0.220 e. The van der Waals surface area contributed by atoms with Crippen LogP contribution in [0.25, 0.3) is 11.3 Å². The minimum atomic E-state index is 0.268. The Balaban J connectivity index is 2.56. The summed E-state index contributed by atoms with van der Waals surface area (Å²) in [6, 6.07) is 7.95. The van der Waals surface area contributed by atoms with Crippen LogP contribution in [0.3, 0.4) is 0 Å². The molecule has 0 saturated carbocycles. The Morgan fingerprint density at radius 3 is 2.61 bits per heavy atom. The molecule has 4 nitrogen and oxygen atoms in total. The number of nitrogen functional groups attached to an aromatic ring is 1. The van der Waals surface area contributed by atoms with Gasteiger partial charge < -0.3 is 10.5 Å². The molecule has 0 unspecified atom stereocenters. The fourth-order valence-electron chi connectivity index (χ4n) is 1.81. The van der Waals surface area contributed by atoms with E-state index in [1.54, 1.807) is 13.3 Å².